The van der Waals surface area contributed by atoms with Crippen molar-refractivity contribution in [2.24, 2.45) is 0 Å². The van der Waals surface area contributed by atoms with Gasteiger partial charge in [0.25, 0.3) is 0 Å². The predicted molar refractivity (Wildman–Crippen MR) is 99.3 cm³/mol. The number of aryl methyl sites for hydroxylation is 1. The first-order chi connectivity index (χ1) is 12.0. The van der Waals surface area contributed by atoms with Crippen LogP contribution in [0, 0.1) is 0 Å². The number of nitrogens with zero attached hydrogens (tertiary/aromatic N) is 1. The lowest BCUT2D eigenvalue weighted by molar-refractivity contribution is 0.569. The minimum atomic E-state index is -3.48. The summed E-state index contributed by atoms with van der Waals surface area (Å²) >= 11 is 6.00. The van der Waals surface area contributed by atoms with Gasteiger partial charge in [0.2, 0.25) is 10.0 Å². The number of aromatic nitrogens is 2. The van der Waals surface area contributed by atoms with E-state index in [9.17, 15) is 13.2 Å². The van der Waals surface area contributed by atoms with Crippen molar-refractivity contribution in [3.05, 3.63) is 69.6 Å². The molecular weight excluding hydrogens is 362 g/mol. The second kappa shape index (κ2) is 7.43. The van der Waals surface area contributed by atoms with Gasteiger partial charge in [-0.15, -0.1) is 0 Å². The first-order valence-corrected chi connectivity index (χ1v) is 9.87. The first-order valence-electron chi connectivity index (χ1n) is 7.84. The van der Waals surface area contributed by atoms with Crippen molar-refractivity contribution in [1.82, 2.24) is 14.3 Å². The smallest absolute Gasteiger partial charge is 0.306 e. The van der Waals surface area contributed by atoms with E-state index in [2.05, 4.69) is 9.71 Å². The molecule has 8 heteroatoms. The maximum atomic E-state index is 12.1. The maximum absolute atomic E-state index is 12.1. The van der Waals surface area contributed by atoms with Crippen LogP contribution in [0.4, 0.5) is 0 Å². The Hall–Kier alpha value is -2.09. The third-order valence-electron chi connectivity index (χ3n) is 3.87. The highest BCUT2D eigenvalue weighted by Gasteiger charge is 2.13. The summed E-state index contributed by atoms with van der Waals surface area (Å²) in [6, 6.07) is 14.3. The summed E-state index contributed by atoms with van der Waals surface area (Å²) in [7, 11) is -3.48. The molecule has 25 heavy (non-hydrogen) atoms. The van der Waals surface area contributed by atoms with Crippen molar-refractivity contribution < 1.29 is 8.42 Å². The van der Waals surface area contributed by atoms with Crippen molar-refractivity contribution in [1.29, 1.82) is 0 Å². The molecule has 0 unspecified atom stereocenters. The van der Waals surface area contributed by atoms with Crippen LogP contribution in [-0.2, 0) is 22.3 Å². The molecule has 6 nitrogen and oxygen atoms in total. The number of nitrogens with one attached hydrogen (secondary N) is 2. The van der Waals surface area contributed by atoms with E-state index in [0.29, 0.717) is 23.6 Å². The van der Waals surface area contributed by atoms with Gasteiger partial charge in [-0.3, -0.25) is 4.57 Å². The number of aromatic amines is 1. The van der Waals surface area contributed by atoms with Gasteiger partial charge in [-0.25, -0.2) is 17.9 Å². The quantitative estimate of drug-likeness (QED) is 0.618. The molecule has 0 atom stereocenters. The molecule has 2 N–H and O–H groups in total. The molecule has 0 aliphatic heterocycles. The highest BCUT2D eigenvalue weighted by molar-refractivity contribution is 7.88. The predicted octanol–water partition coefficient (Wildman–Crippen LogP) is 2.49. The van der Waals surface area contributed by atoms with Crippen LogP contribution in [0.1, 0.15) is 12.0 Å². The Morgan fingerprint density at radius 1 is 1.08 bits per heavy atom. The van der Waals surface area contributed by atoms with Crippen LogP contribution in [-0.4, -0.2) is 24.5 Å². The monoisotopic (exact) mass is 379 g/mol. The third kappa shape index (κ3) is 4.31. The van der Waals surface area contributed by atoms with Crippen LogP contribution >= 0.6 is 11.6 Å². The average molecular weight is 380 g/mol. The minimum Gasteiger partial charge on any atom is -0.306 e. The van der Waals surface area contributed by atoms with Gasteiger partial charge in [0, 0.05) is 18.1 Å². The van der Waals surface area contributed by atoms with E-state index in [4.69, 9.17) is 11.6 Å². The lowest BCUT2D eigenvalue weighted by Gasteiger charge is -2.08. The van der Waals surface area contributed by atoms with E-state index in [1.54, 1.807) is 28.8 Å². The summed E-state index contributed by atoms with van der Waals surface area (Å²) < 4.78 is 28.5. The van der Waals surface area contributed by atoms with Gasteiger partial charge in [-0.2, -0.15) is 0 Å². The highest BCUT2D eigenvalue weighted by atomic mass is 35.5. The van der Waals surface area contributed by atoms with E-state index in [1.165, 1.54) is 0 Å². The molecule has 0 amide bonds. The molecule has 0 saturated heterocycles. The molecule has 1 aromatic heterocycles. The fourth-order valence-corrected chi connectivity index (χ4v) is 4.17. The van der Waals surface area contributed by atoms with Crippen molar-refractivity contribution in [2.45, 2.75) is 18.7 Å². The van der Waals surface area contributed by atoms with Crippen molar-refractivity contribution in [3.63, 3.8) is 0 Å². The number of H-pyrrole nitrogens is 1. The van der Waals surface area contributed by atoms with Gasteiger partial charge < -0.3 is 4.98 Å². The van der Waals surface area contributed by atoms with Crippen LogP contribution in [0.3, 0.4) is 0 Å². The molecule has 0 radical (unpaired) electrons. The fourth-order valence-electron chi connectivity index (χ4n) is 2.66. The third-order valence-corrected chi connectivity index (χ3v) is 5.57. The van der Waals surface area contributed by atoms with Crippen molar-refractivity contribution >= 4 is 32.7 Å². The number of hydrogen-bond acceptors (Lipinski definition) is 3. The number of rotatable bonds is 7. The van der Waals surface area contributed by atoms with Crippen LogP contribution < -0.4 is 10.4 Å². The summed E-state index contributed by atoms with van der Waals surface area (Å²) in [6.45, 7) is 0.677. The van der Waals surface area contributed by atoms with Crippen LogP contribution in [0.15, 0.2) is 53.3 Å². The Labute approximate surface area is 150 Å². The van der Waals surface area contributed by atoms with E-state index < -0.39 is 10.0 Å². The summed E-state index contributed by atoms with van der Waals surface area (Å²) in [5, 5.41) is 0.429. The summed E-state index contributed by atoms with van der Waals surface area (Å²) in [5.74, 6) is -0.167. The molecule has 0 aliphatic carbocycles. The molecule has 0 saturated carbocycles. The van der Waals surface area contributed by atoms with Crippen LogP contribution in [0.2, 0.25) is 5.02 Å². The largest absolute Gasteiger partial charge is 0.326 e. The molecule has 132 valence electrons. The van der Waals surface area contributed by atoms with Gasteiger partial charge >= 0.3 is 5.69 Å². The number of para-hydroxylation sites is 2. The van der Waals surface area contributed by atoms with E-state index in [0.717, 1.165) is 11.0 Å². The lowest BCUT2D eigenvalue weighted by atomic mass is 10.2. The number of fused-ring (bicyclic) bond motifs is 1. The molecule has 0 aliphatic rings. The van der Waals surface area contributed by atoms with E-state index >= 15 is 0 Å². The molecule has 2 aromatic carbocycles. The lowest BCUT2D eigenvalue weighted by Crippen LogP contribution is -2.28. The van der Waals surface area contributed by atoms with Gasteiger partial charge in [0.05, 0.1) is 16.8 Å². The van der Waals surface area contributed by atoms with Gasteiger partial charge in [-0.1, -0.05) is 41.9 Å². The Morgan fingerprint density at radius 3 is 2.60 bits per heavy atom. The normalized spacial score (nSPS) is 11.9. The summed E-state index contributed by atoms with van der Waals surface area (Å²) in [5.41, 5.74) is 1.95. The van der Waals surface area contributed by atoms with E-state index in [1.807, 2.05) is 24.3 Å². The zero-order valence-corrected chi connectivity index (χ0v) is 15.0. The van der Waals surface area contributed by atoms with Crippen molar-refractivity contribution in [2.75, 3.05) is 6.54 Å². The molecule has 3 rings (SSSR count). The van der Waals surface area contributed by atoms with Gasteiger partial charge in [0.1, 0.15) is 0 Å². The highest BCUT2D eigenvalue weighted by Crippen LogP contribution is 2.17. The topological polar surface area (TPSA) is 84.0 Å². The Morgan fingerprint density at radius 2 is 1.80 bits per heavy atom. The van der Waals surface area contributed by atoms with E-state index in [-0.39, 0.29) is 18.0 Å². The zero-order chi connectivity index (χ0) is 17.9. The molecule has 1 heterocycles. The Kier molecular flexibility index (Phi) is 5.27. The van der Waals surface area contributed by atoms with Gasteiger partial charge in [-0.05, 0) is 30.2 Å². The van der Waals surface area contributed by atoms with Crippen LogP contribution in [0.25, 0.3) is 11.0 Å². The maximum Gasteiger partial charge on any atom is 0.326 e. The summed E-state index contributed by atoms with van der Waals surface area (Å²) in [4.78, 5) is 14.7. The molecular formula is C17H18ClN3O3S. The number of sulfonamides is 1. The Balaban J connectivity index is 1.58. The number of benzene rings is 2. The minimum absolute atomic E-state index is 0.167. The fraction of sp³-hybridized carbons (Fsp3) is 0.235. The van der Waals surface area contributed by atoms with Crippen molar-refractivity contribution in [3.8, 4) is 0 Å². The molecule has 0 bridgehead atoms. The van der Waals surface area contributed by atoms with Crippen LogP contribution in [0.5, 0.6) is 0 Å². The second-order valence-electron chi connectivity index (χ2n) is 5.70. The molecule has 3 aromatic rings. The Bertz CT molecular complexity index is 1040. The zero-order valence-electron chi connectivity index (χ0n) is 13.4. The summed E-state index contributed by atoms with van der Waals surface area (Å²) in [6.07, 6.45) is 0.503. The number of imidazole rings is 1. The van der Waals surface area contributed by atoms with Gasteiger partial charge in [0.15, 0.2) is 0 Å². The molecule has 0 fully saturated rings. The molecule has 0 spiro atoms. The SMILES string of the molecule is O=c1[nH]c2ccccc2n1CCCNS(=O)(=O)Cc1ccccc1Cl. The standard InChI is InChI=1S/C17H18ClN3O3S/c18-14-7-2-1-6-13(14)12-25(23,24)19-10-5-11-21-16-9-4-3-8-15(16)20-17(21)22/h1-4,6-9,19H,5,10-12H2,(H,20,22). The number of halogens is 1. The number of hydrogen-bond donors (Lipinski definition) is 2. The second-order valence-corrected chi connectivity index (χ2v) is 7.91. The first kappa shape index (κ1) is 17.7. The average Bonchev–Trinajstić information content (AvgIpc) is 2.89.